The Bertz CT molecular complexity index is 1440. The molecule has 4 rings (SSSR count). The Morgan fingerprint density at radius 3 is 2.13 bits per heavy atom. The molecule has 0 aliphatic carbocycles. The highest BCUT2D eigenvalue weighted by molar-refractivity contribution is 7.99. The minimum atomic E-state index is 0.454. The maximum Gasteiger partial charge on any atom is 0.131 e. The first kappa shape index (κ1) is 28.7. The van der Waals surface area contributed by atoms with Crippen LogP contribution < -0.4 is 19.5 Å². The highest BCUT2D eigenvalue weighted by atomic mass is 35.5. The van der Waals surface area contributed by atoms with Crippen molar-refractivity contribution in [2.45, 2.75) is 36.9 Å². The normalized spacial score (nSPS) is 10.8. The van der Waals surface area contributed by atoms with Crippen LogP contribution in [0.3, 0.4) is 0 Å². The van der Waals surface area contributed by atoms with Crippen molar-refractivity contribution in [3.63, 3.8) is 0 Å². The van der Waals surface area contributed by atoms with Crippen LogP contribution in [0.5, 0.6) is 17.2 Å². The van der Waals surface area contributed by atoms with E-state index in [1.807, 2.05) is 48.8 Å². The number of methoxy groups -OCH3 is 3. The van der Waals surface area contributed by atoms with Gasteiger partial charge in [-0.2, -0.15) is 0 Å². The number of halogens is 2. The van der Waals surface area contributed by atoms with E-state index in [9.17, 15) is 0 Å². The summed E-state index contributed by atoms with van der Waals surface area (Å²) in [6, 6.07) is 13.3. The van der Waals surface area contributed by atoms with E-state index in [0.717, 1.165) is 43.6 Å². The van der Waals surface area contributed by atoms with Crippen LogP contribution in [-0.2, 0) is 13.1 Å². The molecule has 0 atom stereocenters. The van der Waals surface area contributed by atoms with E-state index in [0.29, 0.717) is 40.4 Å². The Morgan fingerprint density at radius 1 is 0.949 bits per heavy atom. The fourth-order valence-electron chi connectivity index (χ4n) is 4.54. The number of hydrogen-bond acceptors (Lipinski definition) is 6. The number of nitrogens with one attached hydrogen (secondary N) is 1. The van der Waals surface area contributed by atoms with Gasteiger partial charge in [0.25, 0.3) is 0 Å². The lowest BCUT2D eigenvalue weighted by molar-refractivity contribution is 0.368. The standard InChI is InChI=1S/C30H31Cl2N3O3S/c1-18-29(19(2)34-16-26-27(37-5)14-24(36-4)15-28(26)38-6)20(3)35(17-21-7-9-33-10-8-21)30(18)39-25-12-22(31)11-23(32)13-25/h7-15,34H,2,16-17H2,1,3-6H3. The van der Waals surface area contributed by atoms with Gasteiger partial charge in [0, 0.05) is 69.5 Å². The quantitative estimate of drug-likeness (QED) is 0.194. The number of ether oxygens (including phenoxy) is 3. The van der Waals surface area contributed by atoms with Crippen LogP contribution in [0.2, 0.25) is 10.0 Å². The lowest BCUT2D eigenvalue weighted by Crippen LogP contribution is -2.14. The van der Waals surface area contributed by atoms with Crippen molar-refractivity contribution in [2.75, 3.05) is 21.3 Å². The molecule has 9 heteroatoms. The molecule has 0 aliphatic rings. The highest BCUT2D eigenvalue weighted by Gasteiger charge is 2.22. The van der Waals surface area contributed by atoms with E-state index in [-0.39, 0.29) is 0 Å². The molecule has 0 saturated heterocycles. The molecule has 2 aromatic carbocycles. The van der Waals surface area contributed by atoms with Crippen LogP contribution >= 0.6 is 35.0 Å². The molecule has 39 heavy (non-hydrogen) atoms. The molecule has 0 radical (unpaired) electrons. The predicted molar refractivity (Wildman–Crippen MR) is 160 cm³/mol. The Kier molecular flexibility index (Phi) is 9.38. The Hall–Kier alpha value is -3.26. The molecule has 0 aliphatic heterocycles. The number of pyridine rings is 1. The van der Waals surface area contributed by atoms with E-state index in [1.165, 1.54) is 0 Å². The molecular formula is C30H31Cl2N3O3S. The van der Waals surface area contributed by atoms with E-state index in [4.69, 9.17) is 37.4 Å². The number of rotatable bonds is 11. The van der Waals surface area contributed by atoms with Crippen LogP contribution in [0.4, 0.5) is 0 Å². The van der Waals surface area contributed by atoms with Gasteiger partial charge in [-0.15, -0.1) is 0 Å². The summed E-state index contributed by atoms with van der Waals surface area (Å²) in [6.07, 6.45) is 3.61. The van der Waals surface area contributed by atoms with Crippen LogP contribution in [-0.4, -0.2) is 30.9 Å². The van der Waals surface area contributed by atoms with Gasteiger partial charge in [0.05, 0.1) is 31.9 Å². The summed E-state index contributed by atoms with van der Waals surface area (Å²) < 4.78 is 18.9. The van der Waals surface area contributed by atoms with E-state index < -0.39 is 0 Å². The van der Waals surface area contributed by atoms with E-state index in [2.05, 4.69) is 35.3 Å². The summed E-state index contributed by atoms with van der Waals surface area (Å²) in [7, 11) is 4.88. The van der Waals surface area contributed by atoms with Gasteiger partial charge in [0.2, 0.25) is 0 Å². The fourth-order valence-corrected chi connectivity index (χ4v) is 6.36. The molecule has 2 heterocycles. The molecule has 0 unspecified atom stereocenters. The zero-order chi connectivity index (χ0) is 28.1. The van der Waals surface area contributed by atoms with Crippen molar-refractivity contribution in [3.8, 4) is 17.2 Å². The summed E-state index contributed by atoms with van der Waals surface area (Å²) in [5.41, 5.74) is 6.05. The summed E-state index contributed by atoms with van der Waals surface area (Å²) >= 11 is 14.3. The lowest BCUT2D eigenvalue weighted by atomic mass is 10.1. The third-order valence-electron chi connectivity index (χ3n) is 6.45. The maximum absolute atomic E-state index is 6.32. The van der Waals surface area contributed by atoms with Gasteiger partial charge in [-0.3, -0.25) is 4.98 Å². The molecule has 0 fully saturated rings. The molecule has 6 nitrogen and oxygen atoms in total. The zero-order valence-electron chi connectivity index (χ0n) is 22.6. The van der Waals surface area contributed by atoms with Gasteiger partial charge in [-0.05, 0) is 55.3 Å². The van der Waals surface area contributed by atoms with Crippen LogP contribution in [0, 0.1) is 13.8 Å². The van der Waals surface area contributed by atoms with Crippen LogP contribution in [0.1, 0.15) is 27.9 Å². The average molecular weight is 585 g/mol. The van der Waals surface area contributed by atoms with Gasteiger partial charge in [0.15, 0.2) is 0 Å². The van der Waals surface area contributed by atoms with Crippen molar-refractivity contribution in [3.05, 3.63) is 99.4 Å². The van der Waals surface area contributed by atoms with Crippen molar-refractivity contribution in [1.29, 1.82) is 0 Å². The summed E-state index contributed by atoms with van der Waals surface area (Å²) in [4.78, 5) is 5.13. The lowest BCUT2D eigenvalue weighted by Gasteiger charge is -2.17. The van der Waals surface area contributed by atoms with Crippen molar-refractivity contribution >= 4 is 40.7 Å². The fraction of sp³-hybridized carbons (Fsp3) is 0.233. The molecule has 0 saturated carbocycles. The Balaban J connectivity index is 1.71. The second kappa shape index (κ2) is 12.7. The topological polar surface area (TPSA) is 57.5 Å². The second-order valence-electron chi connectivity index (χ2n) is 8.88. The van der Waals surface area contributed by atoms with Crippen molar-refractivity contribution in [1.82, 2.24) is 14.9 Å². The first-order valence-corrected chi connectivity index (χ1v) is 13.8. The average Bonchev–Trinajstić information content (AvgIpc) is 3.15. The summed E-state index contributed by atoms with van der Waals surface area (Å²) in [5, 5.41) is 5.78. The molecule has 0 spiro atoms. The number of aromatic nitrogens is 2. The molecule has 2 aromatic heterocycles. The van der Waals surface area contributed by atoms with Gasteiger partial charge >= 0.3 is 0 Å². The molecule has 1 N–H and O–H groups in total. The Labute approximate surface area is 243 Å². The minimum Gasteiger partial charge on any atom is -0.496 e. The van der Waals surface area contributed by atoms with Crippen molar-refractivity contribution < 1.29 is 14.2 Å². The van der Waals surface area contributed by atoms with Crippen LogP contribution in [0.15, 0.2) is 71.4 Å². The van der Waals surface area contributed by atoms with Crippen molar-refractivity contribution in [2.24, 2.45) is 0 Å². The van der Waals surface area contributed by atoms with Gasteiger partial charge in [-0.1, -0.05) is 41.5 Å². The monoisotopic (exact) mass is 583 g/mol. The SMILES string of the molecule is C=C(NCc1c(OC)cc(OC)cc1OC)c1c(C)c(Sc2cc(Cl)cc(Cl)c2)n(Cc2ccncc2)c1C. The predicted octanol–water partition coefficient (Wildman–Crippen LogP) is 7.79. The number of benzene rings is 2. The van der Waals surface area contributed by atoms with E-state index in [1.54, 1.807) is 39.2 Å². The summed E-state index contributed by atoms with van der Waals surface area (Å²) in [6.45, 7) is 9.77. The number of nitrogens with zero attached hydrogens (tertiary/aromatic N) is 2. The molecule has 204 valence electrons. The second-order valence-corrected chi connectivity index (χ2v) is 10.8. The largest absolute Gasteiger partial charge is 0.496 e. The van der Waals surface area contributed by atoms with Gasteiger partial charge < -0.3 is 24.1 Å². The highest BCUT2D eigenvalue weighted by Crippen LogP contribution is 2.40. The van der Waals surface area contributed by atoms with Gasteiger partial charge in [0.1, 0.15) is 17.2 Å². The molecule has 4 aromatic rings. The Morgan fingerprint density at radius 2 is 1.56 bits per heavy atom. The molecule has 0 amide bonds. The minimum absolute atomic E-state index is 0.454. The zero-order valence-corrected chi connectivity index (χ0v) is 24.9. The molecular weight excluding hydrogens is 553 g/mol. The first-order chi connectivity index (χ1) is 18.7. The van der Waals surface area contributed by atoms with E-state index >= 15 is 0 Å². The first-order valence-electron chi connectivity index (χ1n) is 12.2. The summed E-state index contributed by atoms with van der Waals surface area (Å²) in [5.74, 6) is 2.00. The third-order valence-corrected chi connectivity index (χ3v) is 8.07. The third kappa shape index (κ3) is 6.49. The number of hydrogen-bond donors (Lipinski definition) is 1. The van der Waals surface area contributed by atoms with Crippen LogP contribution in [0.25, 0.3) is 5.70 Å². The maximum atomic E-state index is 6.32. The van der Waals surface area contributed by atoms with Gasteiger partial charge in [-0.25, -0.2) is 0 Å². The molecule has 0 bridgehead atoms. The smallest absolute Gasteiger partial charge is 0.131 e.